The minimum absolute atomic E-state index is 0.0528. The normalized spacial score (nSPS) is 10.3. The van der Waals surface area contributed by atoms with Gasteiger partial charge in [-0.2, -0.15) is 0 Å². The van der Waals surface area contributed by atoms with Crippen molar-refractivity contribution in [3.63, 3.8) is 0 Å². The highest BCUT2D eigenvalue weighted by Gasteiger charge is 2.22. The maximum atomic E-state index is 12.8. The Morgan fingerprint density at radius 3 is 2.44 bits per heavy atom. The average molecular weight is 466 g/mol. The van der Waals surface area contributed by atoms with Gasteiger partial charge in [0, 0.05) is 5.69 Å². The monoisotopic (exact) mass is 466 g/mol. The molecule has 0 aliphatic heterocycles. The molecule has 1 aromatic heterocycles. The lowest BCUT2D eigenvalue weighted by Gasteiger charge is -2.21. The fraction of sp³-hybridized carbons (Fsp3) is 0.227. The van der Waals surface area contributed by atoms with Crippen LogP contribution >= 0.6 is 0 Å². The number of hydrogen-bond donors (Lipinski definition) is 1. The quantitative estimate of drug-likeness (QED) is 0.433. The van der Waals surface area contributed by atoms with E-state index in [4.69, 9.17) is 9.47 Å². The Bertz CT molecular complexity index is 1140. The van der Waals surface area contributed by atoms with Crippen molar-refractivity contribution in [2.75, 3.05) is 30.0 Å². The lowest BCUT2D eigenvalue weighted by atomic mass is 10.2. The van der Waals surface area contributed by atoms with Crippen molar-refractivity contribution in [1.82, 2.24) is 20.2 Å². The van der Waals surface area contributed by atoms with Crippen LogP contribution < -0.4 is 10.2 Å². The van der Waals surface area contributed by atoms with Gasteiger partial charge in [-0.15, -0.1) is 5.10 Å². The number of ether oxygens (including phenoxy) is 2. The zero-order chi connectivity index (χ0) is 24.3. The molecule has 0 aliphatic rings. The largest absolute Gasteiger partial charge is 0.465 e. The Labute approximate surface area is 194 Å². The number of nitrogens with zero attached hydrogens (tertiary/aromatic N) is 5. The number of carbonyl (C=O) groups is 4. The van der Waals surface area contributed by atoms with E-state index in [9.17, 15) is 19.2 Å². The Morgan fingerprint density at radius 1 is 1.00 bits per heavy atom. The van der Waals surface area contributed by atoms with Crippen molar-refractivity contribution < 1.29 is 28.7 Å². The fourth-order valence-electron chi connectivity index (χ4n) is 2.91. The summed E-state index contributed by atoms with van der Waals surface area (Å²) in [6.07, 6.45) is 1.28. The fourth-order valence-corrected chi connectivity index (χ4v) is 2.91. The van der Waals surface area contributed by atoms with Crippen molar-refractivity contribution in [2.45, 2.75) is 13.5 Å². The van der Waals surface area contributed by atoms with E-state index in [1.807, 2.05) is 0 Å². The molecule has 0 saturated carbocycles. The molecule has 0 radical (unpaired) electrons. The minimum Gasteiger partial charge on any atom is -0.465 e. The number of aromatic nitrogens is 4. The van der Waals surface area contributed by atoms with E-state index in [2.05, 4.69) is 20.8 Å². The Hall–Kier alpha value is -4.61. The average Bonchev–Trinajstić information content (AvgIpc) is 3.34. The molecule has 0 bridgehead atoms. The van der Waals surface area contributed by atoms with Gasteiger partial charge < -0.3 is 14.8 Å². The predicted molar refractivity (Wildman–Crippen MR) is 119 cm³/mol. The van der Waals surface area contributed by atoms with Crippen LogP contribution in [0.2, 0.25) is 0 Å². The van der Waals surface area contributed by atoms with E-state index >= 15 is 0 Å². The Balaban J connectivity index is 1.66. The number of esters is 2. The van der Waals surface area contributed by atoms with Gasteiger partial charge in [0.05, 0.1) is 17.9 Å². The topological polar surface area (TPSA) is 146 Å². The van der Waals surface area contributed by atoms with Crippen molar-refractivity contribution in [1.29, 1.82) is 0 Å². The summed E-state index contributed by atoms with van der Waals surface area (Å²) >= 11 is 0. The number of carbonyl (C=O) groups excluding carboxylic acids is 4. The van der Waals surface area contributed by atoms with Gasteiger partial charge in [0.2, 0.25) is 5.91 Å². The van der Waals surface area contributed by atoms with E-state index in [-0.39, 0.29) is 30.9 Å². The zero-order valence-electron chi connectivity index (χ0n) is 18.3. The second-order valence-electron chi connectivity index (χ2n) is 6.80. The molecule has 0 atom stereocenters. The van der Waals surface area contributed by atoms with Crippen molar-refractivity contribution in [3.8, 4) is 0 Å². The molecule has 2 aromatic carbocycles. The Morgan fingerprint density at radius 2 is 1.74 bits per heavy atom. The van der Waals surface area contributed by atoms with Crippen molar-refractivity contribution in [3.05, 3.63) is 66.5 Å². The van der Waals surface area contributed by atoms with Crippen LogP contribution in [0.3, 0.4) is 0 Å². The number of tetrazole rings is 1. The summed E-state index contributed by atoms with van der Waals surface area (Å²) in [6, 6.07) is 14.7. The first-order chi connectivity index (χ1) is 16.5. The summed E-state index contributed by atoms with van der Waals surface area (Å²) in [5.41, 5.74) is 0.702. The smallest absolute Gasteiger partial charge is 0.340 e. The van der Waals surface area contributed by atoms with Gasteiger partial charge in [-0.25, -0.2) is 9.48 Å². The number of hydrogen-bond acceptors (Lipinski definition) is 9. The first-order valence-corrected chi connectivity index (χ1v) is 10.3. The van der Waals surface area contributed by atoms with Gasteiger partial charge in [0.25, 0.3) is 5.91 Å². The maximum Gasteiger partial charge on any atom is 0.340 e. The molecule has 0 saturated heterocycles. The second kappa shape index (κ2) is 11.9. The Kier molecular flexibility index (Phi) is 8.38. The zero-order valence-corrected chi connectivity index (χ0v) is 18.3. The molecule has 3 aromatic rings. The van der Waals surface area contributed by atoms with Crippen LogP contribution in [0.4, 0.5) is 11.4 Å². The van der Waals surface area contributed by atoms with Gasteiger partial charge >= 0.3 is 11.9 Å². The summed E-state index contributed by atoms with van der Waals surface area (Å²) in [7, 11) is 0. The molecule has 12 nitrogen and oxygen atoms in total. The molecule has 1 heterocycles. The second-order valence-corrected chi connectivity index (χ2v) is 6.80. The molecule has 2 amide bonds. The van der Waals surface area contributed by atoms with Crippen LogP contribution in [0, 0.1) is 0 Å². The highest BCUT2D eigenvalue weighted by atomic mass is 16.5. The molecule has 176 valence electrons. The third kappa shape index (κ3) is 6.69. The number of benzene rings is 2. The maximum absolute atomic E-state index is 12.8. The van der Waals surface area contributed by atoms with E-state index in [0.717, 1.165) is 0 Å². The highest BCUT2D eigenvalue weighted by molar-refractivity contribution is 6.03. The van der Waals surface area contributed by atoms with Crippen molar-refractivity contribution >= 4 is 35.1 Å². The SMILES string of the molecule is CCOC(=O)CN(C(=O)COC(=O)c1ccccc1NC(=O)Cn1cnnn1)c1ccccc1. The molecule has 3 rings (SSSR count). The van der Waals surface area contributed by atoms with Gasteiger partial charge in [-0.05, 0) is 41.6 Å². The number of para-hydroxylation sites is 2. The van der Waals surface area contributed by atoms with Crippen LogP contribution in [-0.4, -0.2) is 63.7 Å². The van der Waals surface area contributed by atoms with Gasteiger partial charge in [-0.3, -0.25) is 19.3 Å². The van der Waals surface area contributed by atoms with Crippen LogP contribution in [0.5, 0.6) is 0 Å². The van der Waals surface area contributed by atoms with E-state index in [1.165, 1.54) is 28.0 Å². The molecule has 0 fully saturated rings. The van der Waals surface area contributed by atoms with E-state index in [0.29, 0.717) is 5.69 Å². The summed E-state index contributed by atoms with van der Waals surface area (Å²) in [5.74, 6) is -2.50. The van der Waals surface area contributed by atoms with Crippen LogP contribution in [0.25, 0.3) is 0 Å². The summed E-state index contributed by atoms with van der Waals surface area (Å²) in [4.78, 5) is 50.9. The number of rotatable bonds is 10. The molecule has 0 aliphatic carbocycles. The highest BCUT2D eigenvalue weighted by Crippen LogP contribution is 2.18. The third-order valence-electron chi connectivity index (χ3n) is 4.41. The number of nitrogens with one attached hydrogen (secondary N) is 1. The van der Waals surface area contributed by atoms with E-state index < -0.39 is 30.4 Å². The predicted octanol–water partition coefficient (Wildman–Crippen LogP) is 1.06. The molecular formula is C22H22N6O6. The van der Waals surface area contributed by atoms with Crippen molar-refractivity contribution in [2.24, 2.45) is 0 Å². The summed E-state index contributed by atoms with van der Waals surface area (Å²) in [5, 5.41) is 13.1. The molecule has 0 unspecified atom stereocenters. The molecular weight excluding hydrogens is 444 g/mol. The number of amides is 2. The van der Waals surface area contributed by atoms with Crippen LogP contribution in [-0.2, 0) is 30.4 Å². The summed E-state index contributed by atoms with van der Waals surface area (Å²) < 4.78 is 11.3. The lowest BCUT2D eigenvalue weighted by molar-refractivity contribution is -0.142. The molecule has 0 spiro atoms. The van der Waals surface area contributed by atoms with Crippen LogP contribution in [0.1, 0.15) is 17.3 Å². The molecule has 34 heavy (non-hydrogen) atoms. The lowest BCUT2D eigenvalue weighted by Crippen LogP contribution is -2.39. The standard InChI is InChI=1S/C22H22N6O6/c1-2-33-21(31)13-28(16-8-4-3-5-9-16)20(30)14-34-22(32)17-10-6-7-11-18(17)24-19(29)12-27-15-23-25-26-27/h3-11,15H,2,12-14H2,1H3,(H,24,29). The molecule has 1 N–H and O–H groups in total. The van der Waals surface area contributed by atoms with Crippen LogP contribution in [0.15, 0.2) is 60.9 Å². The third-order valence-corrected chi connectivity index (χ3v) is 4.41. The van der Waals surface area contributed by atoms with E-state index in [1.54, 1.807) is 49.4 Å². The van der Waals surface area contributed by atoms with Gasteiger partial charge in [-0.1, -0.05) is 30.3 Å². The van der Waals surface area contributed by atoms with Gasteiger partial charge in [0.15, 0.2) is 6.61 Å². The molecule has 12 heteroatoms. The minimum atomic E-state index is -0.823. The first-order valence-electron chi connectivity index (χ1n) is 10.3. The number of anilines is 2. The van der Waals surface area contributed by atoms with Gasteiger partial charge in [0.1, 0.15) is 19.4 Å². The first kappa shape index (κ1) is 24.0. The summed E-state index contributed by atoms with van der Waals surface area (Å²) in [6.45, 7) is 0.709.